The molecule has 6 nitrogen and oxygen atoms in total. The third-order valence-electron chi connectivity index (χ3n) is 4.12. The zero-order valence-electron chi connectivity index (χ0n) is 13.7. The first-order valence-electron chi connectivity index (χ1n) is 8.12. The van der Waals surface area contributed by atoms with Crippen LogP contribution in [0.25, 0.3) is 22.6 Å². The molecule has 0 amide bonds. The number of rotatable bonds is 5. The highest BCUT2D eigenvalue weighted by atomic mass is 19.1. The van der Waals surface area contributed by atoms with Crippen LogP contribution in [0.15, 0.2) is 49.2 Å². The van der Waals surface area contributed by atoms with Crippen molar-refractivity contribution in [1.29, 1.82) is 0 Å². The van der Waals surface area contributed by atoms with Crippen molar-refractivity contribution in [2.24, 2.45) is 5.92 Å². The Hall–Kier alpha value is -3.09. The molecule has 1 N–H and O–H groups in total. The Labute approximate surface area is 143 Å². The lowest BCUT2D eigenvalue weighted by molar-refractivity contribution is 0.478. The molecule has 4 rings (SSSR count). The van der Waals surface area contributed by atoms with Gasteiger partial charge in [0.2, 0.25) is 5.95 Å². The second-order valence-corrected chi connectivity index (χ2v) is 6.11. The summed E-state index contributed by atoms with van der Waals surface area (Å²) in [5.74, 6) is 0.461. The largest absolute Gasteiger partial charge is 0.344 e. The number of H-pyrrole nitrogens is 1. The molecular weight excluding hydrogens is 319 g/mol. The molecule has 4 aromatic heterocycles. The quantitative estimate of drug-likeness (QED) is 0.568. The van der Waals surface area contributed by atoms with Crippen molar-refractivity contribution < 1.29 is 4.39 Å². The summed E-state index contributed by atoms with van der Waals surface area (Å²) in [5.41, 5.74) is 3.40. The number of fused-ring (bicyclic) bond motifs is 1. The molecule has 0 radical (unpaired) electrons. The fraction of sp³-hybridized carbons (Fsp3) is 0.222. The fourth-order valence-corrected chi connectivity index (χ4v) is 3.03. The van der Waals surface area contributed by atoms with Gasteiger partial charge in [-0.25, -0.2) is 15.0 Å². The van der Waals surface area contributed by atoms with Crippen LogP contribution in [0, 0.1) is 11.9 Å². The first kappa shape index (κ1) is 15.4. The summed E-state index contributed by atoms with van der Waals surface area (Å²) in [6.45, 7) is 2.88. The van der Waals surface area contributed by atoms with Gasteiger partial charge in [0, 0.05) is 25.1 Å². The monoisotopic (exact) mass is 336 g/mol. The van der Waals surface area contributed by atoms with E-state index in [0.29, 0.717) is 17.4 Å². The second kappa shape index (κ2) is 6.43. The van der Waals surface area contributed by atoms with Crippen molar-refractivity contribution in [2.45, 2.75) is 19.9 Å². The van der Waals surface area contributed by atoms with Crippen LogP contribution in [0.3, 0.4) is 0 Å². The lowest BCUT2D eigenvalue weighted by Gasteiger charge is -2.14. The highest BCUT2D eigenvalue weighted by Crippen LogP contribution is 2.20. The van der Waals surface area contributed by atoms with E-state index in [1.54, 1.807) is 30.9 Å². The van der Waals surface area contributed by atoms with Gasteiger partial charge in [0.05, 0.1) is 17.5 Å². The van der Waals surface area contributed by atoms with Gasteiger partial charge in [-0.1, -0.05) is 13.0 Å². The number of pyridine rings is 2. The summed E-state index contributed by atoms with van der Waals surface area (Å²) in [6, 6.07) is 6.65. The number of hydrogen-bond donors (Lipinski definition) is 1. The third kappa shape index (κ3) is 3.13. The van der Waals surface area contributed by atoms with Gasteiger partial charge in [-0.2, -0.15) is 4.39 Å². The van der Waals surface area contributed by atoms with Crippen molar-refractivity contribution in [3.8, 4) is 11.5 Å². The summed E-state index contributed by atoms with van der Waals surface area (Å²) < 4.78 is 15.4. The maximum Gasteiger partial charge on any atom is 0.213 e. The Bertz CT molecular complexity index is 1010. The molecule has 4 heterocycles. The van der Waals surface area contributed by atoms with Crippen molar-refractivity contribution in [3.63, 3.8) is 0 Å². The highest BCUT2D eigenvalue weighted by molar-refractivity contribution is 5.76. The Balaban J connectivity index is 1.55. The van der Waals surface area contributed by atoms with Crippen LogP contribution in [0.4, 0.5) is 4.39 Å². The van der Waals surface area contributed by atoms with Gasteiger partial charge in [-0.15, -0.1) is 0 Å². The van der Waals surface area contributed by atoms with Crippen molar-refractivity contribution in [1.82, 2.24) is 29.5 Å². The number of aromatic amines is 1. The fourth-order valence-electron chi connectivity index (χ4n) is 3.03. The van der Waals surface area contributed by atoms with Crippen molar-refractivity contribution in [2.75, 3.05) is 0 Å². The van der Waals surface area contributed by atoms with Crippen LogP contribution in [0.5, 0.6) is 0 Å². The molecule has 0 saturated carbocycles. The molecule has 0 aliphatic rings. The zero-order chi connectivity index (χ0) is 17.2. The minimum atomic E-state index is -0.505. The van der Waals surface area contributed by atoms with Gasteiger partial charge in [0.25, 0.3) is 0 Å². The van der Waals surface area contributed by atoms with Gasteiger partial charge < -0.3 is 9.55 Å². The van der Waals surface area contributed by atoms with Gasteiger partial charge in [-0.3, -0.25) is 4.98 Å². The number of nitrogens with one attached hydrogen (secondary N) is 1. The molecule has 126 valence electrons. The lowest BCUT2D eigenvalue weighted by atomic mass is 10.0. The van der Waals surface area contributed by atoms with E-state index in [-0.39, 0.29) is 0 Å². The predicted molar refractivity (Wildman–Crippen MR) is 92.2 cm³/mol. The Morgan fingerprint density at radius 1 is 1.16 bits per heavy atom. The topological polar surface area (TPSA) is 72.3 Å². The maximum atomic E-state index is 13.4. The minimum absolute atomic E-state index is 0.302. The van der Waals surface area contributed by atoms with E-state index < -0.39 is 5.95 Å². The van der Waals surface area contributed by atoms with E-state index in [1.165, 1.54) is 6.07 Å². The molecule has 7 heteroatoms. The average molecular weight is 336 g/mol. The van der Waals surface area contributed by atoms with Gasteiger partial charge in [0.1, 0.15) is 11.2 Å². The van der Waals surface area contributed by atoms with E-state index in [1.807, 2.05) is 16.8 Å². The van der Waals surface area contributed by atoms with E-state index in [0.717, 1.165) is 29.7 Å². The van der Waals surface area contributed by atoms with E-state index in [2.05, 4.69) is 31.8 Å². The summed E-state index contributed by atoms with van der Waals surface area (Å²) in [7, 11) is 0. The van der Waals surface area contributed by atoms with Crippen LogP contribution in [-0.2, 0) is 13.0 Å². The molecule has 1 atom stereocenters. The first-order valence-corrected chi connectivity index (χ1v) is 8.12. The standard InChI is InChI=1S/C18H17FN6/c1-12(9-15-17-13(5-6-20-15)22-11-23-17)10-25-8-7-21-18(25)14-3-2-4-16(19)24-14/h2-8,11-12H,9-10H2,1H3,(H,22,23). The average Bonchev–Trinajstić information content (AvgIpc) is 3.24. The first-order chi connectivity index (χ1) is 12.2. The molecule has 0 spiro atoms. The molecule has 0 fully saturated rings. The molecule has 1 unspecified atom stereocenters. The molecule has 0 aliphatic heterocycles. The van der Waals surface area contributed by atoms with E-state index >= 15 is 0 Å². The summed E-state index contributed by atoms with van der Waals surface area (Å²) in [6.07, 6.45) is 7.87. The van der Waals surface area contributed by atoms with Crippen molar-refractivity contribution in [3.05, 3.63) is 60.8 Å². The summed E-state index contributed by atoms with van der Waals surface area (Å²) >= 11 is 0. The van der Waals surface area contributed by atoms with Gasteiger partial charge >= 0.3 is 0 Å². The van der Waals surface area contributed by atoms with Crippen LogP contribution >= 0.6 is 0 Å². The van der Waals surface area contributed by atoms with Crippen LogP contribution in [-0.4, -0.2) is 29.5 Å². The lowest BCUT2D eigenvalue weighted by Crippen LogP contribution is -2.12. The second-order valence-electron chi connectivity index (χ2n) is 6.11. The molecule has 0 aromatic carbocycles. The molecule has 4 aromatic rings. The molecule has 0 saturated heterocycles. The third-order valence-corrected chi connectivity index (χ3v) is 4.12. The van der Waals surface area contributed by atoms with Crippen LogP contribution < -0.4 is 0 Å². The molecule has 0 aliphatic carbocycles. The number of halogens is 1. The number of nitrogens with zero attached hydrogens (tertiary/aromatic N) is 5. The Morgan fingerprint density at radius 3 is 2.96 bits per heavy atom. The molecule has 25 heavy (non-hydrogen) atoms. The van der Waals surface area contributed by atoms with E-state index in [9.17, 15) is 4.39 Å². The molecular formula is C18H17FN6. The van der Waals surface area contributed by atoms with E-state index in [4.69, 9.17) is 0 Å². The Kier molecular flexibility index (Phi) is 3.97. The number of hydrogen-bond acceptors (Lipinski definition) is 4. The maximum absolute atomic E-state index is 13.4. The normalized spacial score (nSPS) is 12.6. The van der Waals surface area contributed by atoms with Crippen molar-refractivity contribution >= 4 is 11.0 Å². The Morgan fingerprint density at radius 2 is 2.08 bits per heavy atom. The highest BCUT2D eigenvalue weighted by Gasteiger charge is 2.14. The van der Waals surface area contributed by atoms with Crippen LogP contribution in [0.1, 0.15) is 12.6 Å². The summed E-state index contributed by atoms with van der Waals surface area (Å²) in [5, 5.41) is 0. The smallest absolute Gasteiger partial charge is 0.213 e. The predicted octanol–water partition coefficient (Wildman–Crippen LogP) is 3.23. The number of imidazole rings is 2. The summed E-state index contributed by atoms with van der Waals surface area (Å²) in [4.78, 5) is 20.2. The number of aromatic nitrogens is 6. The van der Waals surface area contributed by atoms with Crippen LogP contribution in [0.2, 0.25) is 0 Å². The van der Waals surface area contributed by atoms with Gasteiger partial charge in [0.15, 0.2) is 5.82 Å². The van der Waals surface area contributed by atoms with Gasteiger partial charge in [-0.05, 0) is 30.5 Å². The SMILES string of the molecule is CC(Cc1nccc2[nH]cnc12)Cn1ccnc1-c1cccc(F)n1. The molecule has 0 bridgehead atoms. The minimum Gasteiger partial charge on any atom is -0.344 e. The zero-order valence-corrected chi connectivity index (χ0v) is 13.7.